The van der Waals surface area contributed by atoms with Gasteiger partial charge in [-0.05, 0) is 42.8 Å². The Morgan fingerprint density at radius 3 is 2.39 bits per heavy atom. The van der Waals surface area contributed by atoms with Crippen LogP contribution in [-0.2, 0) is 4.79 Å². The first-order chi connectivity index (χ1) is 11.0. The van der Waals surface area contributed by atoms with Crippen LogP contribution >= 0.6 is 0 Å². The van der Waals surface area contributed by atoms with E-state index in [1.807, 2.05) is 0 Å². The molecule has 0 radical (unpaired) electrons. The maximum absolute atomic E-state index is 12.9. The Hall–Kier alpha value is -3.26. The van der Waals surface area contributed by atoms with E-state index in [0.717, 1.165) is 0 Å². The van der Waals surface area contributed by atoms with E-state index < -0.39 is 11.7 Å². The van der Waals surface area contributed by atoms with E-state index in [1.165, 1.54) is 37.3 Å². The van der Waals surface area contributed by atoms with Crippen molar-refractivity contribution in [1.82, 2.24) is 0 Å². The summed E-state index contributed by atoms with van der Waals surface area (Å²) < 4.78 is 12.9. The van der Waals surface area contributed by atoms with Gasteiger partial charge in [-0.25, -0.2) is 4.39 Å². The smallest absolute Gasteiger partial charge is 0.266 e. The summed E-state index contributed by atoms with van der Waals surface area (Å²) in [6.45, 7) is 1.39. The lowest BCUT2D eigenvalue weighted by Crippen LogP contribution is -2.15. The van der Waals surface area contributed by atoms with Gasteiger partial charge in [-0.3, -0.25) is 9.59 Å². The molecule has 5 heteroatoms. The molecule has 0 unspecified atom stereocenters. The van der Waals surface area contributed by atoms with Crippen molar-refractivity contribution in [1.29, 1.82) is 5.26 Å². The van der Waals surface area contributed by atoms with Crippen LogP contribution < -0.4 is 5.32 Å². The lowest BCUT2D eigenvalue weighted by Gasteiger charge is -2.08. The van der Waals surface area contributed by atoms with Crippen molar-refractivity contribution in [3.05, 3.63) is 71.0 Å². The Balaban J connectivity index is 2.27. The highest BCUT2D eigenvalue weighted by molar-refractivity contribution is 6.12. The van der Waals surface area contributed by atoms with Crippen molar-refractivity contribution >= 4 is 23.5 Å². The van der Waals surface area contributed by atoms with E-state index >= 15 is 0 Å². The monoisotopic (exact) mass is 308 g/mol. The highest BCUT2D eigenvalue weighted by Crippen LogP contribution is 2.17. The molecule has 0 bridgehead atoms. The fraction of sp³-hybridized carbons (Fsp3) is 0.0556. The number of nitriles is 1. The Kier molecular flexibility index (Phi) is 5.00. The number of nitrogens with one attached hydrogen (secondary N) is 1. The quantitative estimate of drug-likeness (QED) is 0.533. The van der Waals surface area contributed by atoms with Gasteiger partial charge in [0.15, 0.2) is 5.78 Å². The molecule has 0 atom stereocenters. The molecule has 4 nitrogen and oxygen atoms in total. The van der Waals surface area contributed by atoms with Crippen molar-refractivity contribution in [2.45, 2.75) is 6.92 Å². The third-order valence-electron chi connectivity index (χ3n) is 3.10. The molecule has 0 heterocycles. The number of rotatable bonds is 4. The van der Waals surface area contributed by atoms with Gasteiger partial charge in [0.05, 0.1) is 5.69 Å². The molecule has 2 aromatic carbocycles. The standard InChI is InChI=1S/C18H13FN2O2/c1-12(22)16-4-2-3-5-17(16)21-18(23)14(11-20)10-13-6-8-15(19)9-7-13/h2-10H,1H3,(H,21,23)/b14-10-. The molecule has 0 aliphatic heterocycles. The fourth-order valence-electron chi connectivity index (χ4n) is 1.96. The lowest BCUT2D eigenvalue weighted by molar-refractivity contribution is -0.112. The predicted molar refractivity (Wildman–Crippen MR) is 85.1 cm³/mol. The second-order valence-corrected chi connectivity index (χ2v) is 4.78. The minimum absolute atomic E-state index is 0.144. The van der Waals surface area contributed by atoms with E-state index in [2.05, 4.69) is 5.32 Å². The number of hydrogen-bond donors (Lipinski definition) is 1. The number of halogens is 1. The van der Waals surface area contributed by atoms with Gasteiger partial charge in [-0.15, -0.1) is 0 Å². The molecule has 0 aliphatic carbocycles. The van der Waals surface area contributed by atoms with Gasteiger partial charge in [0.1, 0.15) is 17.5 Å². The van der Waals surface area contributed by atoms with Crippen molar-refractivity contribution in [3.8, 4) is 6.07 Å². The van der Waals surface area contributed by atoms with Crippen molar-refractivity contribution in [2.24, 2.45) is 0 Å². The van der Waals surface area contributed by atoms with E-state index in [0.29, 0.717) is 16.8 Å². The number of carbonyl (C=O) groups excluding carboxylic acids is 2. The largest absolute Gasteiger partial charge is 0.321 e. The first kappa shape index (κ1) is 16.1. The molecule has 0 spiro atoms. The van der Waals surface area contributed by atoms with Crippen molar-refractivity contribution in [3.63, 3.8) is 0 Å². The summed E-state index contributed by atoms with van der Waals surface area (Å²) in [7, 11) is 0. The Morgan fingerprint density at radius 2 is 1.78 bits per heavy atom. The summed E-state index contributed by atoms with van der Waals surface area (Å²) in [5.74, 6) is -1.23. The molecule has 1 amide bonds. The fourth-order valence-corrected chi connectivity index (χ4v) is 1.96. The molecule has 2 rings (SSSR count). The number of ketones is 1. The van der Waals surface area contributed by atoms with E-state index in [1.54, 1.807) is 30.3 Å². The molecule has 1 N–H and O–H groups in total. The van der Waals surface area contributed by atoms with E-state index in [4.69, 9.17) is 5.26 Å². The number of benzene rings is 2. The summed E-state index contributed by atoms with van der Waals surface area (Å²) in [5.41, 5.74) is 1.08. The van der Waals surface area contributed by atoms with E-state index in [-0.39, 0.29) is 11.4 Å². The molecule has 114 valence electrons. The Bertz CT molecular complexity index is 818. The SMILES string of the molecule is CC(=O)c1ccccc1NC(=O)/C(C#N)=C\c1ccc(F)cc1. The maximum atomic E-state index is 12.9. The average molecular weight is 308 g/mol. The van der Waals surface area contributed by atoms with Gasteiger partial charge in [0, 0.05) is 5.56 Å². The Labute approximate surface area is 132 Å². The van der Waals surface area contributed by atoms with Crippen LogP contribution in [0.3, 0.4) is 0 Å². The van der Waals surface area contributed by atoms with Crippen molar-refractivity contribution < 1.29 is 14.0 Å². The molecule has 0 aliphatic rings. The van der Waals surface area contributed by atoms with Gasteiger partial charge in [-0.1, -0.05) is 24.3 Å². The topological polar surface area (TPSA) is 70.0 Å². The zero-order valence-electron chi connectivity index (χ0n) is 12.3. The normalized spacial score (nSPS) is 10.7. The van der Waals surface area contributed by atoms with Crippen LogP contribution in [0, 0.1) is 17.1 Å². The minimum atomic E-state index is -0.634. The summed E-state index contributed by atoms with van der Waals surface area (Å²) in [4.78, 5) is 23.7. The van der Waals surface area contributed by atoms with Crippen LogP contribution in [0.5, 0.6) is 0 Å². The zero-order chi connectivity index (χ0) is 16.8. The molecule has 2 aromatic rings. The van der Waals surface area contributed by atoms with Crippen LogP contribution in [0.25, 0.3) is 6.08 Å². The zero-order valence-corrected chi connectivity index (χ0v) is 12.3. The number of Topliss-reactive ketones (excluding diaryl/α,β-unsaturated/α-hetero) is 1. The number of anilines is 1. The number of para-hydroxylation sites is 1. The van der Waals surface area contributed by atoms with Crippen LogP contribution in [0.1, 0.15) is 22.8 Å². The second-order valence-electron chi connectivity index (χ2n) is 4.78. The number of hydrogen-bond acceptors (Lipinski definition) is 3. The third kappa shape index (κ3) is 4.11. The summed E-state index contributed by atoms with van der Waals surface area (Å²) in [6, 6.07) is 13.7. The first-order valence-electron chi connectivity index (χ1n) is 6.80. The van der Waals surface area contributed by atoms with Crippen LogP contribution in [-0.4, -0.2) is 11.7 Å². The molecule has 23 heavy (non-hydrogen) atoms. The summed E-state index contributed by atoms with van der Waals surface area (Å²) >= 11 is 0. The minimum Gasteiger partial charge on any atom is -0.321 e. The molecule has 0 fully saturated rings. The molecule has 0 aromatic heterocycles. The lowest BCUT2D eigenvalue weighted by atomic mass is 10.1. The van der Waals surface area contributed by atoms with Crippen LogP contribution in [0.2, 0.25) is 0 Å². The molecule has 0 saturated heterocycles. The number of carbonyl (C=O) groups is 2. The maximum Gasteiger partial charge on any atom is 0.266 e. The summed E-state index contributed by atoms with van der Waals surface area (Å²) in [5, 5.41) is 11.7. The summed E-state index contributed by atoms with van der Waals surface area (Å²) in [6.07, 6.45) is 1.35. The highest BCUT2D eigenvalue weighted by Gasteiger charge is 2.13. The average Bonchev–Trinajstić information content (AvgIpc) is 2.54. The third-order valence-corrected chi connectivity index (χ3v) is 3.10. The van der Waals surface area contributed by atoms with Gasteiger partial charge >= 0.3 is 0 Å². The van der Waals surface area contributed by atoms with Crippen molar-refractivity contribution in [2.75, 3.05) is 5.32 Å². The first-order valence-corrected chi connectivity index (χ1v) is 6.80. The highest BCUT2D eigenvalue weighted by atomic mass is 19.1. The van der Waals surface area contributed by atoms with E-state index in [9.17, 15) is 14.0 Å². The van der Waals surface area contributed by atoms with Gasteiger partial charge < -0.3 is 5.32 Å². The number of amides is 1. The molecular formula is C18H13FN2O2. The predicted octanol–water partition coefficient (Wildman–Crippen LogP) is 3.57. The Morgan fingerprint density at radius 1 is 1.13 bits per heavy atom. The molecular weight excluding hydrogens is 295 g/mol. The van der Waals surface area contributed by atoms with Crippen LogP contribution in [0.4, 0.5) is 10.1 Å². The van der Waals surface area contributed by atoms with Gasteiger partial charge in [-0.2, -0.15) is 5.26 Å². The van der Waals surface area contributed by atoms with Crippen LogP contribution in [0.15, 0.2) is 54.1 Å². The molecule has 0 saturated carbocycles. The van der Waals surface area contributed by atoms with Gasteiger partial charge in [0.25, 0.3) is 5.91 Å². The number of nitrogens with zero attached hydrogens (tertiary/aromatic N) is 1. The van der Waals surface area contributed by atoms with Gasteiger partial charge in [0.2, 0.25) is 0 Å². The second kappa shape index (κ2) is 7.14.